The van der Waals surface area contributed by atoms with Crippen LogP contribution in [-0.2, 0) is 0 Å². The van der Waals surface area contributed by atoms with Gasteiger partial charge >= 0.3 is 0 Å². The molecule has 0 aliphatic heterocycles. The Bertz CT molecular complexity index is 5360. The molecule has 4 heteroatoms. The van der Waals surface area contributed by atoms with Crippen LogP contribution in [0.2, 0.25) is 0 Å². The average molecular weight is 1070 g/mol. The minimum Gasteiger partial charge on any atom is -0.309 e. The van der Waals surface area contributed by atoms with Crippen LogP contribution >= 0.6 is 0 Å². The first-order chi connectivity index (χ1) is 43.6. The second-order valence-corrected chi connectivity index (χ2v) is 24.8. The van der Waals surface area contributed by atoms with Crippen LogP contribution in [0.25, 0.3) is 116 Å². The largest absolute Gasteiger partial charge is 0.309 e. The highest BCUT2D eigenvalue weighted by atomic mass is 28.3. The van der Waals surface area contributed by atoms with Gasteiger partial charge in [0.1, 0.15) is 0 Å². The van der Waals surface area contributed by atoms with E-state index in [2.05, 4.69) is 180 Å². The molecule has 0 unspecified atom stereocenters. The summed E-state index contributed by atoms with van der Waals surface area (Å²) < 4.78 is 77.8. The highest BCUT2D eigenvalue weighted by Crippen LogP contribution is 2.41. The van der Waals surface area contributed by atoms with Crippen LogP contribution in [0.3, 0.4) is 0 Å². The topological polar surface area (TPSA) is 14.8 Å². The predicted octanol–water partition coefficient (Wildman–Crippen LogP) is 17.4. The summed E-state index contributed by atoms with van der Waals surface area (Å²) in [6, 6.07) is 93.1. The van der Waals surface area contributed by atoms with Crippen LogP contribution in [0.15, 0.2) is 321 Å². The summed E-state index contributed by atoms with van der Waals surface area (Å²) >= 11 is 0. The molecule has 16 aromatic rings. The lowest BCUT2D eigenvalue weighted by molar-refractivity contribution is 1.13. The van der Waals surface area contributed by atoms with E-state index in [1.165, 1.54) is 15.6 Å². The van der Waals surface area contributed by atoms with Gasteiger partial charge in [-0.25, -0.2) is 0 Å². The molecule has 16 rings (SSSR count). The lowest BCUT2D eigenvalue weighted by Gasteiger charge is -2.34. The molecule has 3 aromatic heterocycles. The zero-order valence-electron chi connectivity index (χ0n) is 51.4. The zero-order valence-corrected chi connectivity index (χ0v) is 45.4. The SMILES string of the molecule is [2H]c1c([2H])c(-c2ccc([Si](c3ccccc3)(c3ccccc3)c3ccccc3)cc2)c([2H])c(-c2c([2H])c(-n3c4ccccc4c4cc(-c5ccccc5)ccc43)c([2H])c(-n3c4ccccc4c4cc(-n5c6ccccc6c6ccccc65)ccc43)c2[2H])c1[2H]. The number of aromatic nitrogens is 3. The number of fused-ring (bicyclic) bond motifs is 9. The van der Waals surface area contributed by atoms with Gasteiger partial charge in [0, 0.05) is 49.4 Å². The Hall–Kier alpha value is -10.5. The minimum absolute atomic E-state index is 0.0873. The van der Waals surface area contributed by atoms with E-state index in [0.29, 0.717) is 11.1 Å². The normalized spacial score (nSPS) is 13.1. The maximum Gasteiger partial charge on any atom is 0.179 e. The summed E-state index contributed by atoms with van der Waals surface area (Å²) in [6.07, 6.45) is 0. The summed E-state index contributed by atoms with van der Waals surface area (Å²) in [5, 5.41) is 10.4. The van der Waals surface area contributed by atoms with Crippen molar-refractivity contribution in [2.75, 3.05) is 0 Å². The van der Waals surface area contributed by atoms with Crippen LogP contribution < -0.4 is 20.7 Å². The standard InChI is InChI=1S/C78H53N3Si/c1-5-22-54(23-6-1)58-42-46-77-71(51-58)69-34-15-19-38-75(69)80(77)61-49-59(50-62(52-61)81-76-39-20-16-35-70(76)72-53-60(43-47-78(72)81)79-73-36-17-13-32-67(73)68-33-14-18-37-74(68)79)57-25-21-24-56(48-57)55-40-44-66(45-41-55)82(63-26-7-2-8-27-63,64-28-9-3-10-29-64)65-30-11-4-12-31-65/h1-53H/i21D,24D,25D,48D,49D,50D,52D. The predicted molar refractivity (Wildman–Crippen MR) is 349 cm³/mol. The summed E-state index contributed by atoms with van der Waals surface area (Å²) in [4.78, 5) is 0. The van der Waals surface area contributed by atoms with E-state index in [0.717, 1.165) is 81.9 Å². The molecule has 0 aliphatic rings. The number of hydrogen-bond donors (Lipinski definition) is 0. The average Bonchev–Trinajstić information content (AvgIpc) is 1.71. The third kappa shape index (κ3) is 7.57. The van der Waals surface area contributed by atoms with E-state index in [1.54, 1.807) is 0 Å². The van der Waals surface area contributed by atoms with Crippen LogP contribution in [0.4, 0.5) is 0 Å². The van der Waals surface area contributed by atoms with Gasteiger partial charge in [0.15, 0.2) is 8.07 Å². The van der Waals surface area contributed by atoms with E-state index in [9.17, 15) is 9.60 Å². The van der Waals surface area contributed by atoms with Crippen LogP contribution in [0.5, 0.6) is 0 Å². The molecule has 0 saturated heterocycles. The second kappa shape index (κ2) is 19.4. The molecular formula is C78H53N3Si. The van der Waals surface area contributed by atoms with Gasteiger partial charge in [0.05, 0.1) is 42.7 Å². The van der Waals surface area contributed by atoms with Gasteiger partial charge in [-0.15, -0.1) is 0 Å². The molecule has 13 aromatic carbocycles. The van der Waals surface area contributed by atoms with E-state index in [4.69, 9.17) is 0 Å². The monoisotopic (exact) mass is 1070 g/mol. The summed E-state index contributed by atoms with van der Waals surface area (Å²) in [6.45, 7) is 0. The first kappa shape index (κ1) is 40.6. The third-order valence-electron chi connectivity index (χ3n) is 16.5. The molecule has 0 atom stereocenters. The summed E-state index contributed by atoms with van der Waals surface area (Å²) in [5.41, 5.74) is 8.63. The molecule has 3 nitrogen and oxygen atoms in total. The molecule has 384 valence electrons. The minimum atomic E-state index is -2.99. The van der Waals surface area contributed by atoms with E-state index < -0.39 is 20.2 Å². The van der Waals surface area contributed by atoms with Gasteiger partial charge < -0.3 is 13.7 Å². The van der Waals surface area contributed by atoms with E-state index in [-0.39, 0.29) is 58.3 Å². The molecule has 0 saturated carbocycles. The van der Waals surface area contributed by atoms with Crippen LogP contribution in [0.1, 0.15) is 9.60 Å². The maximum absolute atomic E-state index is 10.7. The van der Waals surface area contributed by atoms with Crippen molar-refractivity contribution in [2.24, 2.45) is 0 Å². The molecule has 0 amide bonds. The molecule has 0 radical (unpaired) electrons. The molecule has 0 aliphatic carbocycles. The Kier molecular flexibility index (Phi) is 9.60. The molecule has 82 heavy (non-hydrogen) atoms. The number of nitrogens with zero attached hydrogens (tertiary/aromatic N) is 3. The van der Waals surface area contributed by atoms with Crippen LogP contribution in [-0.4, -0.2) is 21.8 Å². The first-order valence-corrected chi connectivity index (χ1v) is 29.8. The molecule has 0 spiro atoms. The fraction of sp³-hybridized carbons (Fsp3) is 0. The van der Waals surface area contributed by atoms with Crippen molar-refractivity contribution in [3.63, 3.8) is 0 Å². The van der Waals surface area contributed by atoms with Gasteiger partial charge in [-0.05, 0) is 133 Å². The van der Waals surface area contributed by atoms with Gasteiger partial charge in [-0.2, -0.15) is 0 Å². The Morgan fingerprint density at radius 3 is 1.09 bits per heavy atom. The molecule has 3 heterocycles. The van der Waals surface area contributed by atoms with Gasteiger partial charge in [0.25, 0.3) is 0 Å². The lowest BCUT2D eigenvalue weighted by atomic mass is 9.98. The Balaban J connectivity index is 0.969. The fourth-order valence-corrected chi connectivity index (χ4v) is 17.7. The molecule has 0 bridgehead atoms. The van der Waals surface area contributed by atoms with Crippen molar-refractivity contribution in [2.45, 2.75) is 0 Å². The number of benzene rings is 13. The van der Waals surface area contributed by atoms with Gasteiger partial charge in [-0.3, -0.25) is 0 Å². The third-order valence-corrected chi connectivity index (χ3v) is 21.3. The second-order valence-electron chi connectivity index (χ2n) is 21.0. The zero-order chi connectivity index (χ0) is 60.2. The number of hydrogen-bond acceptors (Lipinski definition) is 0. The van der Waals surface area contributed by atoms with E-state index in [1.807, 2.05) is 112 Å². The molecule has 0 fully saturated rings. The maximum atomic E-state index is 10.7. The van der Waals surface area contributed by atoms with Crippen molar-refractivity contribution in [1.82, 2.24) is 13.7 Å². The summed E-state index contributed by atoms with van der Waals surface area (Å²) in [5.74, 6) is 0. The van der Waals surface area contributed by atoms with Crippen molar-refractivity contribution < 1.29 is 9.60 Å². The van der Waals surface area contributed by atoms with Crippen molar-refractivity contribution in [3.8, 4) is 50.4 Å². The van der Waals surface area contributed by atoms with Gasteiger partial charge in [0.2, 0.25) is 0 Å². The fourth-order valence-electron chi connectivity index (χ4n) is 12.9. The van der Waals surface area contributed by atoms with Crippen molar-refractivity contribution in [1.29, 1.82) is 0 Å². The molecular weight excluding hydrogens is 1010 g/mol. The lowest BCUT2D eigenvalue weighted by Crippen LogP contribution is -2.74. The molecule has 0 N–H and O–H groups in total. The van der Waals surface area contributed by atoms with E-state index >= 15 is 0 Å². The Morgan fingerprint density at radius 2 is 0.585 bits per heavy atom. The van der Waals surface area contributed by atoms with Crippen molar-refractivity contribution >= 4 is 94.2 Å². The quantitative estimate of drug-likeness (QED) is 0.0958. The van der Waals surface area contributed by atoms with Crippen molar-refractivity contribution in [3.05, 3.63) is 321 Å². The van der Waals surface area contributed by atoms with Crippen LogP contribution in [0, 0.1) is 0 Å². The van der Waals surface area contributed by atoms with Gasteiger partial charge in [-0.1, -0.05) is 243 Å². The highest BCUT2D eigenvalue weighted by Gasteiger charge is 2.41. The Labute approximate surface area is 487 Å². The number of para-hydroxylation sites is 4. The Morgan fingerprint density at radius 1 is 0.232 bits per heavy atom. The first-order valence-electron chi connectivity index (χ1n) is 31.3. The smallest absolute Gasteiger partial charge is 0.179 e. The highest BCUT2D eigenvalue weighted by molar-refractivity contribution is 7.19. The summed E-state index contributed by atoms with van der Waals surface area (Å²) in [7, 11) is -2.99. The number of rotatable bonds is 10.